The molecule has 12 rings (SSSR count). The molecule has 0 spiro atoms. The van der Waals surface area contributed by atoms with Gasteiger partial charge in [-0.05, 0) is 115 Å². The maximum Gasteiger partial charge on any atom is 0.135 e. The molecule has 5 nitrogen and oxygen atoms in total. The van der Waals surface area contributed by atoms with E-state index in [1.807, 2.05) is 71.1 Å². The van der Waals surface area contributed by atoms with Crippen LogP contribution in [0.1, 0.15) is 126 Å². The van der Waals surface area contributed by atoms with Gasteiger partial charge in [-0.3, -0.25) is 0 Å². The van der Waals surface area contributed by atoms with Crippen molar-refractivity contribution in [3.8, 4) is 50.7 Å². The standard InChI is InChI=1S/C71H67N4O.Pt/c1-46-37-66(72-44-59(46)48-31-34-60-61(40-48)71(10,11)36-35-70(60,8)9)75-62-28-16-15-25-57(62)58-33-32-54(43-65(58)75)76-53-24-19-23-52(42-53)73-45-74(64-30-18-17-29-63(64)73)67-55(47-21-13-12-14-22-47)26-20-27-56(67)49-38-50(68(2,3)4)41-51(39-49)69(5,6)7;/h12-34,37-41,44-45H,35-36H2,1-11H3;/q-3;/i1D3,12D,13D,14D,15D,16D,21D,22D,25D,28D;. The molecule has 0 bridgehead atoms. The molecule has 77 heavy (non-hydrogen) atoms. The van der Waals surface area contributed by atoms with Gasteiger partial charge in [0.2, 0.25) is 0 Å². The van der Waals surface area contributed by atoms with Gasteiger partial charge in [-0.15, -0.1) is 48.1 Å². The van der Waals surface area contributed by atoms with Gasteiger partial charge in [0.25, 0.3) is 0 Å². The van der Waals surface area contributed by atoms with E-state index < -0.39 is 37.1 Å². The first-order valence-electron chi connectivity index (χ1n) is 32.0. The molecule has 0 N–H and O–H groups in total. The summed E-state index contributed by atoms with van der Waals surface area (Å²) in [6.45, 7) is 21.2. The summed E-state index contributed by atoms with van der Waals surface area (Å²) < 4.78 is 115. The summed E-state index contributed by atoms with van der Waals surface area (Å²) in [7, 11) is 0. The quantitative estimate of drug-likeness (QED) is 0.142. The first kappa shape index (κ1) is 39.2. The first-order chi connectivity index (χ1) is 41.3. The van der Waals surface area contributed by atoms with E-state index in [1.54, 1.807) is 30.5 Å². The molecule has 0 saturated heterocycles. The topological polar surface area (TPSA) is 33.5 Å². The van der Waals surface area contributed by atoms with Crippen LogP contribution in [-0.2, 0) is 42.7 Å². The Hall–Kier alpha value is -7.20. The first-order valence-corrected chi connectivity index (χ1v) is 26.0. The van der Waals surface area contributed by atoms with Crippen LogP contribution in [0.15, 0.2) is 176 Å². The molecule has 0 atom stereocenters. The Kier molecular flexibility index (Phi) is 9.86. The number of hydrogen-bond donors (Lipinski definition) is 0. The number of hydrogen-bond acceptors (Lipinski definition) is 4. The Morgan fingerprint density at radius 3 is 1.96 bits per heavy atom. The Balaban J connectivity index is 0.00000817. The SMILES string of the molecule is [2H]c1c([2H])c([2H])c(-c2cccc(-c3cc(C(C)(C)C)cc(C(C)(C)C)c3)c2N2[CH-]N(c3[c-]c(Oc4[c-]c5c(cc4)c4c([2H])c([2H])c([2H])c([2H])c4n5-c4cc(C([2H])([2H])[2H])c(-c5ccc6c(c5)C(C)(C)CCC6(C)C)cn4)ccc3)c3ccccc32)c([2H])c1[2H].[Pt]. The fraction of sp³-hybridized carbons (Fsp3) is 0.239. The van der Waals surface area contributed by atoms with Crippen LogP contribution in [0.25, 0.3) is 61.0 Å². The zero-order chi connectivity index (χ0) is 63.2. The van der Waals surface area contributed by atoms with Crippen LogP contribution in [-0.4, -0.2) is 9.55 Å². The molecule has 1 aliphatic carbocycles. The van der Waals surface area contributed by atoms with Gasteiger partial charge in [-0.25, -0.2) is 4.98 Å². The normalized spacial score (nSPS) is 17.2. The fourth-order valence-corrected chi connectivity index (χ4v) is 11.0. The number of fused-ring (bicyclic) bond motifs is 5. The number of para-hydroxylation sites is 4. The predicted molar refractivity (Wildman–Crippen MR) is 318 cm³/mol. The van der Waals surface area contributed by atoms with Crippen molar-refractivity contribution in [2.24, 2.45) is 0 Å². The van der Waals surface area contributed by atoms with Crippen LogP contribution < -0.4 is 14.5 Å². The van der Waals surface area contributed by atoms with Crippen LogP contribution in [0.2, 0.25) is 0 Å². The van der Waals surface area contributed by atoms with Crippen LogP contribution in [0, 0.1) is 25.7 Å². The zero-order valence-corrected chi connectivity index (χ0v) is 47.3. The number of nitrogens with zero attached hydrogens (tertiary/aromatic N) is 4. The summed E-state index contributed by atoms with van der Waals surface area (Å²) in [5.74, 6) is 0.591. The molecule has 0 saturated carbocycles. The van der Waals surface area contributed by atoms with Crippen molar-refractivity contribution in [3.63, 3.8) is 0 Å². The van der Waals surface area contributed by atoms with E-state index in [0.717, 1.165) is 52.0 Å². The molecule has 0 radical (unpaired) electrons. The molecule has 0 amide bonds. The van der Waals surface area contributed by atoms with Crippen molar-refractivity contribution in [2.75, 3.05) is 9.80 Å². The summed E-state index contributed by atoms with van der Waals surface area (Å²) in [5, 5.41) is 0.623. The summed E-state index contributed by atoms with van der Waals surface area (Å²) in [6.07, 6.45) is 3.53. The van der Waals surface area contributed by atoms with E-state index in [9.17, 15) is 4.11 Å². The number of aryl methyl sites for hydroxylation is 1. The maximum absolute atomic E-state index is 9.28. The van der Waals surface area contributed by atoms with E-state index >= 15 is 0 Å². The minimum Gasteiger partial charge on any atom is -0.509 e. The average Bonchev–Trinajstić information content (AvgIpc) is 1.62. The summed E-state index contributed by atoms with van der Waals surface area (Å²) >= 11 is 0. The van der Waals surface area contributed by atoms with E-state index in [-0.39, 0.29) is 112 Å². The van der Waals surface area contributed by atoms with Gasteiger partial charge in [0, 0.05) is 82.1 Å². The molecule has 8 aromatic carbocycles. The van der Waals surface area contributed by atoms with E-state index in [0.29, 0.717) is 33.5 Å². The second-order valence-corrected chi connectivity index (χ2v) is 23.6. The van der Waals surface area contributed by atoms with Crippen molar-refractivity contribution in [2.45, 2.75) is 111 Å². The molecule has 0 fully saturated rings. The van der Waals surface area contributed by atoms with Crippen LogP contribution in [0.5, 0.6) is 11.5 Å². The van der Waals surface area contributed by atoms with Crippen molar-refractivity contribution in [1.29, 1.82) is 0 Å². The minimum absolute atomic E-state index is 0. The van der Waals surface area contributed by atoms with Crippen LogP contribution in [0.4, 0.5) is 22.7 Å². The Morgan fingerprint density at radius 1 is 0.597 bits per heavy atom. The largest absolute Gasteiger partial charge is 0.509 e. The number of rotatable bonds is 8. The van der Waals surface area contributed by atoms with E-state index in [1.165, 1.54) is 16.2 Å². The third-order valence-electron chi connectivity index (χ3n) is 15.5. The van der Waals surface area contributed by atoms with Crippen molar-refractivity contribution < 1.29 is 42.3 Å². The summed E-state index contributed by atoms with van der Waals surface area (Å²) in [4.78, 5) is 8.87. The molecule has 10 aromatic rings. The van der Waals surface area contributed by atoms with Crippen molar-refractivity contribution in [1.82, 2.24) is 9.55 Å². The van der Waals surface area contributed by atoms with Gasteiger partial charge in [0.1, 0.15) is 5.82 Å². The van der Waals surface area contributed by atoms with Gasteiger partial charge in [0.15, 0.2) is 0 Å². The maximum atomic E-state index is 9.28. The number of ether oxygens (including phenoxy) is 1. The molecule has 1 aliphatic heterocycles. The molecule has 0 unspecified atom stereocenters. The molecule has 3 heterocycles. The van der Waals surface area contributed by atoms with Gasteiger partial charge in [-0.1, -0.05) is 190 Å². The van der Waals surface area contributed by atoms with Crippen LogP contribution >= 0.6 is 0 Å². The van der Waals surface area contributed by atoms with Gasteiger partial charge in [-0.2, -0.15) is 12.1 Å². The summed E-state index contributed by atoms with van der Waals surface area (Å²) in [6, 6.07) is 39.8. The number of benzene rings is 8. The molecule has 2 aliphatic rings. The molecular weight excluding hydrogens is 1120 g/mol. The molecule has 390 valence electrons. The van der Waals surface area contributed by atoms with E-state index in [4.69, 9.17) is 22.1 Å². The minimum atomic E-state index is -2.62. The zero-order valence-electron chi connectivity index (χ0n) is 57.1. The summed E-state index contributed by atoms with van der Waals surface area (Å²) in [5.41, 5.74) is 10.3. The second kappa shape index (κ2) is 19.4. The molecular formula is C71H67N4OPt-3. The average molecular weight is 1200 g/mol. The second-order valence-electron chi connectivity index (χ2n) is 23.6. The number of anilines is 4. The van der Waals surface area contributed by atoms with Gasteiger partial charge in [0.05, 0.1) is 12.3 Å². The smallest absolute Gasteiger partial charge is 0.135 e. The predicted octanol–water partition coefficient (Wildman–Crippen LogP) is 19.2. The Bertz CT molecular complexity index is 4490. The Labute approximate surface area is 487 Å². The molecule has 2 aromatic heterocycles. The third-order valence-corrected chi connectivity index (χ3v) is 15.5. The molecule has 6 heteroatoms. The Morgan fingerprint density at radius 2 is 1.25 bits per heavy atom. The van der Waals surface area contributed by atoms with E-state index in [2.05, 4.69) is 112 Å². The number of aromatic nitrogens is 2. The van der Waals surface area contributed by atoms with Crippen LogP contribution in [0.3, 0.4) is 0 Å². The van der Waals surface area contributed by atoms with Gasteiger partial charge >= 0.3 is 0 Å². The van der Waals surface area contributed by atoms with Gasteiger partial charge < -0.3 is 19.1 Å². The monoisotopic (exact) mass is 1200 g/mol. The fourth-order valence-electron chi connectivity index (χ4n) is 11.0. The van der Waals surface area contributed by atoms with Crippen molar-refractivity contribution >= 4 is 44.6 Å². The van der Waals surface area contributed by atoms with Crippen molar-refractivity contribution in [3.05, 3.63) is 222 Å². The third kappa shape index (κ3) is 9.39. The number of pyridine rings is 1.